The van der Waals surface area contributed by atoms with Gasteiger partial charge in [-0.3, -0.25) is 10.1 Å². The number of esters is 1. The summed E-state index contributed by atoms with van der Waals surface area (Å²) in [4.78, 5) is 32.6. The van der Waals surface area contributed by atoms with Gasteiger partial charge in [0.15, 0.2) is 0 Å². The predicted octanol–water partition coefficient (Wildman–Crippen LogP) is 4.39. The number of H-pyrrole nitrogens is 1. The van der Waals surface area contributed by atoms with Gasteiger partial charge < -0.3 is 9.72 Å². The summed E-state index contributed by atoms with van der Waals surface area (Å²) in [6, 6.07) is 10.6. The van der Waals surface area contributed by atoms with Gasteiger partial charge in [0, 0.05) is 0 Å². The molecule has 1 unspecified atom stereocenters. The molecule has 1 amide bonds. The Hall–Kier alpha value is -3.15. The van der Waals surface area contributed by atoms with Crippen LogP contribution in [0.25, 0.3) is 11.0 Å². The normalized spacial score (nSPS) is 12.0. The number of carbonyl (C=O) groups is 2. The molecule has 0 spiro atoms. The fourth-order valence-corrected chi connectivity index (χ4v) is 2.69. The van der Waals surface area contributed by atoms with Gasteiger partial charge in [-0.05, 0) is 62.6 Å². The van der Waals surface area contributed by atoms with E-state index in [0.29, 0.717) is 12.4 Å². The van der Waals surface area contributed by atoms with Gasteiger partial charge in [-0.1, -0.05) is 19.1 Å². The minimum absolute atomic E-state index is 0.213. The Balaban J connectivity index is 1.85. The van der Waals surface area contributed by atoms with Gasteiger partial charge in [0.25, 0.3) is 5.91 Å². The third kappa shape index (κ3) is 4.00. The zero-order valence-electron chi connectivity index (χ0n) is 15.9. The maximum atomic E-state index is 12.7. The number of amides is 1. The highest BCUT2D eigenvalue weighted by Gasteiger charge is 2.20. The van der Waals surface area contributed by atoms with Crippen molar-refractivity contribution in [3.63, 3.8) is 0 Å². The van der Waals surface area contributed by atoms with Crippen LogP contribution in [-0.2, 0) is 4.74 Å². The molecule has 0 saturated carbocycles. The molecular weight excluding hydrogens is 342 g/mol. The molecule has 1 heterocycles. The van der Waals surface area contributed by atoms with E-state index in [-0.39, 0.29) is 17.2 Å². The number of nitrogens with one attached hydrogen (secondary N) is 2. The number of carbonyl (C=O) groups excluding carboxylic acids is 2. The number of anilines is 1. The molecule has 0 aliphatic rings. The Morgan fingerprint density at radius 3 is 2.52 bits per heavy atom. The van der Waals surface area contributed by atoms with Crippen molar-refractivity contribution < 1.29 is 14.3 Å². The molecule has 6 nitrogen and oxygen atoms in total. The van der Waals surface area contributed by atoms with E-state index < -0.39 is 11.9 Å². The summed E-state index contributed by atoms with van der Waals surface area (Å²) >= 11 is 0. The van der Waals surface area contributed by atoms with Crippen molar-refractivity contribution in [2.45, 2.75) is 40.2 Å². The van der Waals surface area contributed by atoms with Gasteiger partial charge >= 0.3 is 5.97 Å². The van der Waals surface area contributed by atoms with Crippen LogP contribution in [0.4, 0.5) is 5.95 Å². The summed E-state index contributed by atoms with van der Waals surface area (Å²) < 4.78 is 5.36. The molecule has 2 N–H and O–H groups in total. The maximum absolute atomic E-state index is 12.7. The largest absolute Gasteiger partial charge is 0.459 e. The van der Waals surface area contributed by atoms with Gasteiger partial charge in [-0.2, -0.15) is 0 Å². The highest BCUT2D eigenvalue weighted by Crippen LogP contribution is 2.20. The zero-order chi connectivity index (χ0) is 19.6. The number of aryl methyl sites for hydroxylation is 2. The van der Waals surface area contributed by atoms with Gasteiger partial charge in [0.05, 0.1) is 28.3 Å². The minimum Gasteiger partial charge on any atom is -0.459 e. The Bertz CT molecular complexity index is 968. The first-order chi connectivity index (χ1) is 12.9. The Morgan fingerprint density at radius 2 is 1.81 bits per heavy atom. The van der Waals surface area contributed by atoms with Gasteiger partial charge in [0.2, 0.25) is 5.95 Å². The van der Waals surface area contributed by atoms with Crippen LogP contribution in [-0.4, -0.2) is 27.9 Å². The van der Waals surface area contributed by atoms with E-state index in [1.807, 2.05) is 39.8 Å². The van der Waals surface area contributed by atoms with Crippen LogP contribution in [0.15, 0.2) is 36.4 Å². The van der Waals surface area contributed by atoms with Crippen LogP contribution in [0.1, 0.15) is 52.1 Å². The average Bonchev–Trinajstić information content (AvgIpc) is 3.02. The second-order valence-corrected chi connectivity index (χ2v) is 6.66. The van der Waals surface area contributed by atoms with Crippen molar-refractivity contribution in [2.24, 2.45) is 0 Å². The molecule has 27 heavy (non-hydrogen) atoms. The molecular formula is C21H23N3O3. The maximum Gasteiger partial charge on any atom is 0.339 e. The third-order valence-corrected chi connectivity index (χ3v) is 4.60. The molecule has 0 saturated heterocycles. The fourth-order valence-electron chi connectivity index (χ4n) is 2.69. The molecule has 0 aliphatic carbocycles. The molecule has 6 heteroatoms. The SMILES string of the molecule is CCC(C)OC(=O)c1ccccc1C(=O)Nc1nc2cc(C)c(C)cc2[nH]1. The number of imidazole rings is 1. The number of aromatic amines is 1. The monoisotopic (exact) mass is 365 g/mol. The van der Waals surface area contributed by atoms with Gasteiger partial charge in [-0.25, -0.2) is 9.78 Å². The number of rotatable bonds is 5. The van der Waals surface area contributed by atoms with E-state index in [4.69, 9.17) is 4.74 Å². The number of fused-ring (bicyclic) bond motifs is 1. The predicted molar refractivity (Wildman–Crippen MR) is 105 cm³/mol. The van der Waals surface area contributed by atoms with Crippen LogP contribution in [0, 0.1) is 13.8 Å². The first-order valence-electron chi connectivity index (χ1n) is 8.97. The van der Waals surface area contributed by atoms with Crippen molar-refractivity contribution >= 4 is 28.9 Å². The third-order valence-electron chi connectivity index (χ3n) is 4.60. The van der Waals surface area contributed by atoms with Crippen LogP contribution in [0.5, 0.6) is 0 Å². The Labute approximate surface area is 158 Å². The number of benzene rings is 2. The lowest BCUT2D eigenvalue weighted by molar-refractivity contribution is 0.0332. The highest BCUT2D eigenvalue weighted by atomic mass is 16.5. The summed E-state index contributed by atoms with van der Waals surface area (Å²) in [5.74, 6) is -0.588. The number of hydrogen-bond acceptors (Lipinski definition) is 4. The van der Waals surface area contributed by atoms with Crippen LogP contribution >= 0.6 is 0 Å². The first kappa shape index (κ1) is 18.6. The summed E-state index contributed by atoms with van der Waals surface area (Å²) in [7, 11) is 0. The van der Waals surface area contributed by atoms with Crippen molar-refractivity contribution in [2.75, 3.05) is 5.32 Å². The van der Waals surface area contributed by atoms with E-state index in [9.17, 15) is 9.59 Å². The highest BCUT2D eigenvalue weighted by molar-refractivity contribution is 6.10. The van der Waals surface area contributed by atoms with E-state index in [1.165, 1.54) is 0 Å². The van der Waals surface area contributed by atoms with E-state index in [0.717, 1.165) is 22.2 Å². The van der Waals surface area contributed by atoms with Gasteiger partial charge in [0.1, 0.15) is 0 Å². The van der Waals surface area contributed by atoms with Crippen molar-refractivity contribution in [1.82, 2.24) is 9.97 Å². The second kappa shape index (κ2) is 7.61. The van der Waals surface area contributed by atoms with Crippen molar-refractivity contribution in [1.29, 1.82) is 0 Å². The lowest BCUT2D eigenvalue weighted by atomic mass is 10.1. The molecule has 140 valence electrons. The van der Waals surface area contributed by atoms with E-state index >= 15 is 0 Å². The van der Waals surface area contributed by atoms with Gasteiger partial charge in [-0.15, -0.1) is 0 Å². The molecule has 0 fully saturated rings. The molecule has 2 aromatic carbocycles. The Kier molecular flexibility index (Phi) is 5.26. The molecule has 3 rings (SSSR count). The first-order valence-corrected chi connectivity index (χ1v) is 8.97. The molecule has 0 bridgehead atoms. The smallest absolute Gasteiger partial charge is 0.339 e. The average molecular weight is 365 g/mol. The summed E-state index contributed by atoms with van der Waals surface area (Å²) in [5, 5.41) is 2.74. The molecule has 3 aromatic rings. The molecule has 0 radical (unpaired) electrons. The van der Waals surface area contributed by atoms with Crippen molar-refractivity contribution in [3.05, 3.63) is 58.7 Å². The van der Waals surface area contributed by atoms with Crippen molar-refractivity contribution in [3.8, 4) is 0 Å². The fraction of sp³-hybridized carbons (Fsp3) is 0.286. The summed E-state index contributed by atoms with van der Waals surface area (Å²) in [6.07, 6.45) is 0.494. The number of hydrogen-bond donors (Lipinski definition) is 2. The summed E-state index contributed by atoms with van der Waals surface area (Å²) in [5.41, 5.74) is 4.37. The standard InChI is InChI=1S/C21H23N3O3/c1-5-14(4)27-20(26)16-9-7-6-8-15(16)19(25)24-21-22-17-10-12(2)13(3)11-18(17)23-21/h6-11,14H,5H2,1-4H3,(H2,22,23,24,25). The topological polar surface area (TPSA) is 84.1 Å². The van der Waals surface area contributed by atoms with Crippen LogP contribution < -0.4 is 5.32 Å². The summed E-state index contributed by atoms with van der Waals surface area (Å²) in [6.45, 7) is 7.79. The number of ether oxygens (including phenoxy) is 1. The number of aromatic nitrogens is 2. The van der Waals surface area contributed by atoms with Crippen LogP contribution in [0.2, 0.25) is 0 Å². The molecule has 1 atom stereocenters. The second-order valence-electron chi connectivity index (χ2n) is 6.66. The van der Waals surface area contributed by atoms with E-state index in [2.05, 4.69) is 15.3 Å². The van der Waals surface area contributed by atoms with E-state index in [1.54, 1.807) is 24.3 Å². The van der Waals surface area contributed by atoms with Crippen LogP contribution in [0.3, 0.4) is 0 Å². The lowest BCUT2D eigenvalue weighted by Crippen LogP contribution is -2.20. The lowest BCUT2D eigenvalue weighted by Gasteiger charge is -2.13. The molecule has 0 aliphatic heterocycles. The number of nitrogens with zero attached hydrogens (tertiary/aromatic N) is 1. The Morgan fingerprint density at radius 1 is 1.15 bits per heavy atom. The zero-order valence-corrected chi connectivity index (χ0v) is 15.9. The molecule has 1 aromatic heterocycles. The quantitative estimate of drug-likeness (QED) is 0.657. The minimum atomic E-state index is -0.508.